The van der Waals surface area contributed by atoms with Crippen molar-refractivity contribution in [3.63, 3.8) is 0 Å². The molecule has 0 radical (unpaired) electrons. The van der Waals surface area contributed by atoms with Gasteiger partial charge in [-0.05, 0) is 38.5 Å². The lowest BCUT2D eigenvalue weighted by atomic mass is 10.2. The smallest absolute Gasteiger partial charge is 0.379 e. The van der Waals surface area contributed by atoms with E-state index in [4.69, 9.17) is 5.11 Å². The fourth-order valence-electron chi connectivity index (χ4n) is 2.02. The molecule has 5 heteroatoms. The highest BCUT2D eigenvalue weighted by Gasteiger charge is 2.27. The maximum Gasteiger partial charge on any atom is 0.379 e. The largest absolute Gasteiger partial charge is 0.476 e. The quantitative estimate of drug-likeness (QED) is 0.223. The van der Waals surface area contributed by atoms with Crippen molar-refractivity contribution >= 4 is 5.97 Å². The molecule has 5 nitrogen and oxygen atoms in total. The van der Waals surface area contributed by atoms with Crippen molar-refractivity contribution in [3.8, 4) is 0 Å². The Balaban J connectivity index is 3.74. The Morgan fingerprint density at radius 3 is 1.41 bits per heavy atom. The third kappa shape index (κ3) is 16.5. The van der Waals surface area contributed by atoms with E-state index in [9.17, 15) is 14.9 Å². The molecule has 0 saturated carbocycles. The van der Waals surface area contributed by atoms with Gasteiger partial charge in [-0.15, -0.1) is 0 Å². The van der Waals surface area contributed by atoms with Crippen LogP contribution in [-0.2, 0) is 4.79 Å². The zero-order valence-corrected chi connectivity index (χ0v) is 16.1. The Labute approximate surface area is 162 Å². The summed E-state index contributed by atoms with van der Waals surface area (Å²) in [6.07, 6.45) is 29.8. The van der Waals surface area contributed by atoms with Crippen molar-refractivity contribution in [3.05, 3.63) is 83.0 Å². The molecular weight excluding hydrogens is 342 g/mol. The lowest BCUT2D eigenvalue weighted by molar-refractivity contribution is -0.509. The predicted octanol–water partition coefficient (Wildman–Crippen LogP) is 5.80. The van der Waals surface area contributed by atoms with E-state index in [0.29, 0.717) is 6.42 Å². The van der Waals surface area contributed by atoms with Crippen LogP contribution in [0.5, 0.6) is 0 Å². The van der Waals surface area contributed by atoms with E-state index in [-0.39, 0.29) is 6.42 Å². The molecule has 1 unspecified atom stereocenters. The first kappa shape index (κ1) is 24.3. The standard InChI is InChI=1S/C22H31NO4/c1-2-3-4-5-6-7-8-9-10-11-12-13-14-15-16-17-18-19-20-21(22(24)25)23(26)27/h3-4,6-7,9-10,12-13,15-16,18-19,21H,2,5,8,11,14,17,20H2,1H3,(H,24,25)/b4-3-,7-6-,10-9-,13-12-,16-15-,19-18-. The SMILES string of the molecule is CC/C=C\C/C=C\C/C=C\C/C=C\C/C=C\C/C=C\CC(C(=O)O)[N+](=O)[O-]. The molecule has 0 aromatic rings. The van der Waals surface area contributed by atoms with Gasteiger partial charge in [-0.3, -0.25) is 10.1 Å². The Kier molecular flexibility index (Phi) is 16.3. The number of allylic oxidation sites excluding steroid dienone is 11. The number of hydrogen-bond acceptors (Lipinski definition) is 3. The number of nitrogens with zero attached hydrogens (tertiary/aromatic N) is 1. The fourth-order valence-corrected chi connectivity index (χ4v) is 2.02. The number of aliphatic carboxylic acids is 1. The van der Waals surface area contributed by atoms with Crippen LogP contribution in [0.3, 0.4) is 0 Å². The highest BCUT2D eigenvalue weighted by molar-refractivity contribution is 5.72. The molecule has 0 fully saturated rings. The van der Waals surface area contributed by atoms with Crippen molar-refractivity contribution < 1.29 is 14.8 Å². The average molecular weight is 373 g/mol. The highest BCUT2D eigenvalue weighted by atomic mass is 16.6. The number of carboxylic acid groups (broad SMARTS) is 1. The van der Waals surface area contributed by atoms with Crippen LogP contribution in [0.15, 0.2) is 72.9 Å². The van der Waals surface area contributed by atoms with Crippen LogP contribution in [-0.4, -0.2) is 22.0 Å². The van der Waals surface area contributed by atoms with E-state index in [1.54, 1.807) is 12.2 Å². The van der Waals surface area contributed by atoms with Gasteiger partial charge in [0.2, 0.25) is 0 Å². The molecule has 0 heterocycles. The van der Waals surface area contributed by atoms with E-state index in [0.717, 1.165) is 32.1 Å². The molecular formula is C22H31NO4. The maximum atomic E-state index is 10.6. The Bertz CT molecular complexity index is 569. The van der Waals surface area contributed by atoms with Crippen LogP contribution in [0.2, 0.25) is 0 Å². The lowest BCUT2D eigenvalue weighted by Crippen LogP contribution is -2.28. The normalized spacial score (nSPS) is 14.0. The summed E-state index contributed by atoms with van der Waals surface area (Å²) < 4.78 is 0. The topological polar surface area (TPSA) is 80.4 Å². The van der Waals surface area contributed by atoms with Gasteiger partial charge in [-0.2, -0.15) is 0 Å². The van der Waals surface area contributed by atoms with Gasteiger partial charge in [0.15, 0.2) is 0 Å². The van der Waals surface area contributed by atoms with Crippen molar-refractivity contribution in [2.24, 2.45) is 0 Å². The molecule has 1 atom stereocenters. The lowest BCUT2D eigenvalue weighted by Gasteiger charge is -1.99. The minimum atomic E-state index is -1.56. The Morgan fingerprint density at radius 2 is 1.11 bits per heavy atom. The van der Waals surface area contributed by atoms with Crippen molar-refractivity contribution in [1.82, 2.24) is 0 Å². The molecule has 1 N–H and O–H groups in total. The minimum Gasteiger partial charge on any atom is -0.476 e. The van der Waals surface area contributed by atoms with Crippen molar-refractivity contribution in [2.75, 3.05) is 0 Å². The summed E-state index contributed by atoms with van der Waals surface area (Å²) >= 11 is 0. The van der Waals surface area contributed by atoms with Crippen LogP contribution >= 0.6 is 0 Å². The fraction of sp³-hybridized carbons (Fsp3) is 0.409. The third-order valence-electron chi connectivity index (χ3n) is 3.50. The summed E-state index contributed by atoms with van der Waals surface area (Å²) in [5.41, 5.74) is 0. The Hall–Kier alpha value is -2.69. The van der Waals surface area contributed by atoms with Gasteiger partial charge in [0.25, 0.3) is 0 Å². The van der Waals surface area contributed by atoms with Gasteiger partial charge in [-0.25, -0.2) is 4.79 Å². The molecule has 0 aliphatic carbocycles. The molecule has 0 aromatic heterocycles. The second-order valence-corrected chi connectivity index (χ2v) is 5.79. The second kappa shape index (κ2) is 18.1. The highest BCUT2D eigenvalue weighted by Crippen LogP contribution is 2.01. The van der Waals surface area contributed by atoms with Gasteiger partial charge in [0, 0.05) is 11.3 Å². The summed E-state index contributed by atoms with van der Waals surface area (Å²) in [7, 11) is 0. The van der Waals surface area contributed by atoms with Gasteiger partial charge >= 0.3 is 12.0 Å². The molecule has 0 aliphatic rings. The Morgan fingerprint density at radius 1 is 0.778 bits per heavy atom. The summed E-state index contributed by atoms with van der Waals surface area (Å²) in [6, 6.07) is -1.56. The predicted molar refractivity (Wildman–Crippen MR) is 111 cm³/mol. The summed E-state index contributed by atoms with van der Waals surface area (Å²) in [6.45, 7) is 2.13. The van der Waals surface area contributed by atoms with E-state index >= 15 is 0 Å². The maximum absolute atomic E-state index is 10.6. The second-order valence-electron chi connectivity index (χ2n) is 5.79. The molecule has 0 rings (SSSR count). The molecule has 0 spiro atoms. The minimum absolute atomic E-state index is 0.0902. The van der Waals surface area contributed by atoms with Gasteiger partial charge < -0.3 is 5.11 Å². The van der Waals surface area contributed by atoms with Crippen LogP contribution in [0.4, 0.5) is 0 Å². The van der Waals surface area contributed by atoms with E-state index in [1.165, 1.54) is 0 Å². The average Bonchev–Trinajstić information content (AvgIpc) is 2.63. The summed E-state index contributed by atoms with van der Waals surface area (Å²) in [5.74, 6) is -1.40. The molecule has 148 valence electrons. The number of nitro groups is 1. The van der Waals surface area contributed by atoms with E-state index in [2.05, 4.69) is 55.5 Å². The van der Waals surface area contributed by atoms with Crippen LogP contribution < -0.4 is 0 Å². The van der Waals surface area contributed by atoms with Crippen molar-refractivity contribution in [2.45, 2.75) is 57.9 Å². The van der Waals surface area contributed by atoms with E-state index in [1.807, 2.05) is 12.2 Å². The number of carbonyl (C=O) groups is 1. The first-order valence-corrected chi connectivity index (χ1v) is 9.35. The molecule has 0 amide bonds. The molecule has 0 aliphatic heterocycles. The van der Waals surface area contributed by atoms with Gasteiger partial charge in [-0.1, -0.05) is 79.8 Å². The third-order valence-corrected chi connectivity index (χ3v) is 3.50. The molecule has 0 bridgehead atoms. The molecule has 27 heavy (non-hydrogen) atoms. The summed E-state index contributed by atoms with van der Waals surface area (Å²) in [5, 5.41) is 19.2. The molecule has 0 saturated heterocycles. The summed E-state index contributed by atoms with van der Waals surface area (Å²) in [4.78, 5) is 20.4. The van der Waals surface area contributed by atoms with Crippen LogP contribution in [0, 0.1) is 10.1 Å². The van der Waals surface area contributed by atoms with Crippen LogP contribution in [0.25, 0.3) is 0 Å². The van der Waals surface area contributed by atoms with E-state index < -0.39 is 16.9 Å². The first-order chi connectivity index (χ1) is 13.1. The number of carboxylic acids is 1. The number of rotatable bonds is 15. The van der Waals surface area contributed by atoms with Gasteiger partial charge in [0.05, 0.1) is 0 Å². The monoisotopic (exact) mass is 373 g/mol. The van der Waals surface area contributed by atoms with Crippen LogP contribution in [0.1, 0.15) is 51.9 Å². The van der Waals surface area contributed by atoms with Gasteiger partial charge in [0.1, 0.15) is 0 Å². The first-order valence-electron chi connectivity index (χ1n) is 9.35. The zero-order chi connectivity index (χ0) is 20.2. The molecule has 0 aromatic carbocycles. The zero-order valence-electron chi connectivity index (χ0n) is 16.1. The van der Waals surface area contributed by atoms with Crippen molar-refractivity contribution in [1.29, 1.82) is 0 Å². The number of hydrogen-bond donors (Lipinski definition) is 1.